The molecule has 2 N–H and O–H groups in total. The lowest BCUT2D eigenvalue weighted by Gasteiger charge is -2.10. The van der Waals surface area contributed by atoms with Gasteiger partial charge in [-0.15, -0.1) is 0 Å². The molecule has 0 aromatic heterocycles. The van der Waals surface area contributed by atoms with Gasteiger partial charge in [0, 0.05) is 0 Å². The number of aryl methyl sites for hydroxylation is 1. The molecule has 0 aliphatic carbocycles. The van der Waals surface area contributed by atoms with E-state index in [2.05, 4.69) is 31.2 Å². The Kier molecular flexibility index (Phi) is 8.20. The minimum absolute atomic E-state index is 0.0648. The highest BCUT2D eigenvalue weighted by molar-refractivity contribution is 5.99. The summed E-state index contributed by atoms with van der Waals surface area (Å²) in [6, 6.07) is 20.2. The fourth-order valence-electron chi connectivity index (χ4n) is 3.92. The van der Waals surface area contributed by atoms with Gasteiger partial charge in [0.25, 0.3) is 0 Å². The maximum atomic E-state index is 11.6. The Morgan fingerprint density at radius 3 is 1.81 bits per heavy atom. The van der Waals surface area contributed by atoms with Crippen LogP contribution in [0.25, 0.3) is 22.3 Å². The summed E-state index contributed by atoms with van der Waals surface area (Å²) in [6.07, 6.45) is 8.86. The van der Waals surface area contributed by atoms with Gasteiger partial charge in [-0.1, -0.05) is 87.6 Å². The molecular formula is C28H30O4. The highest BCUT2D eigenvalue weighted by atomic mass is 16.4. The first-order valence-electron chi connectivity index (χ1n) is 11.3. The smallest absolute Gasteiger partial charge is 0.336 e. The Morgan fingerprint density at radius 2 is 1.22 bits per heavy atom. The van der Waals surface area contributed by atoms with Crippen LogP contribution < -0.4 is 0 Å². The number of hydrogen-bond donors (Lipinski definition) is 2. The van der Waals surface area contributed by atoms with Gasteiger partial charge in [0.1, 0.15) is 0 Å². The van der Waals surface area contributed by atoms with E-state index in [0.29, 0.717) is 11.1 Å². The van der Waals surface area contributed by atoms with Crippen LogP contribution in [-0.2, 0) is 6.42 Å². The molecule has 4 heteroatoms. The molecule has 166 valence electrons. The van der Waals surface area contributed by atoms with Gasteiger partial charge >= 0.3 is 11.9 Å². The first-order chi connectivity index (χ1) is 15.5. The van der Waals surface area contributed by atoms with Crippen molar-refractivity contribution in [2.75, 3.05) is 0 Å². The molecular weight excluding hydrogens is 400 g/mol. The Balaban J connectivity index is 1.70. The number of benzene rings is 3. The van der Waals surface area contributed by atoms with Gasteiger partial charge in [-0.3, -0.25) is 0 Å². The minimum Gasteiger partial charge on any atom is -0.478 e. The standard InChI is InChI=1S/C28H30O4/c1-2-3-4-5-6-7-8-20-9-11-21(12-10-20)22-13-15-23(16-14-22)26-19-24(27(29)30)17-18-25(26)28(31)32/h9-19H,2-8H2,1H3,(H,29,30)(H,31,32). The van der Waals surface area contributed by atoms with Crippen LogP contribution in [-0.4, -0.2) is 22.2 Å². The molecule has 0 radical (unpaired) electrons. The van der Waals surface area contributed by atoms with Crippen LogP contribution in [0.2, 0.25) is 0 Å². The third kappa shape index (κ3) is 6.07. The van der Waals surface area contributed by atoms with Crippen molar-refractivity contribution in [2.24, 2.45) is 0 Å². The number of aromatic carboxylic acids is 2. The van der Waals surface area contributed by atoms with Crippen LogP contribution in [0.4, 0.5) is 0 Å². The molecule has 0 heterocycles. The van der Waals surface area contributed by atoms with Gasteiger partial charge in [0.05, 0.1) is 11.1 Å². The van der Waals surface area contributed by atoms with Crippen molar-refractivity contribution in [2.45, 2.75) is 51.9 Å². The quantitative estimate of drug-likeness (QED) is 0.313. The number of carboxylic acids is 2. The highest BCUT2D eigenvalue weighted by Gasteiger charge is 2.15. The van der Waals surface area contributed by atoms with E-state index < -0.39 is 11.9 Å². The zero-order valence-corrected chi connectivity index (χ0v) is 18.5. The summed E-state index contributed by atoms with van der Waals surface area (Å²) in [5, 5.41) is 18.7. The predicted octanol–water partition coefficient (Wildman–Crippen LogP) is 7.32. The maximum Gasteiger partial charge on any atom is 0.336 e. The average molecular weight is 431 g/mol. The van der Waals surface area contributed by atoms with E-state index in [1.807, 2.05) is 24.3 Å². The van der Waals surface area contributed by atoms with Gasteiger partial charge in [-0.25, -0.2) is 9.59 Å². The molecule has 4 nitrogen and oxygen atoms in total. The molecule has 3 aromatic rings. The normalized spacial score (nSPS) is 10.8. The first kappa shape index (κ1) is 23.3. The molecule has 32 heavy (non-hydrogen) atoms. The van der Waals surface area contributed by atoms with Crippen molar-refractivity contribution in [1.29, 1.82) is 0 Å². The predicted molar refractivity (Wildman–Crippen MR) is 128 cm³/mol. The first-order valence-corrected chi connectivity index (χ1v) is 11.3. The van der Waals surface area contributed by atoms with Gasteiger partial charge in [0.15, 0.2) is 0 Å². The molecule has 0 saturated heterocycles. The van der Waals surface area contributed by atoms with Crippen molar-refractivity contribution >= 4 is 11.9 Å². The molecule has 0 amide bonds. The van der Waals surface area contributed by atoms with Crippen LogP contribution in [0.15, 0.2) is 66.7 Å². The van der Waals surface area contributed by atoms with Crippen molar-refractivity contribution < 1.29 is 19.8 Å². The van der Waals surface area contributed by atoms with Crippen molar-refractivity contribution in [1.82, 2.24) is 0 Å². The third-order valence-corrected chi connectivity index (χ3v) is 5.80. The molecule has 0 atom stereocenters. The summed E-state index contributed by atoms with van der Waals surface area (Å²) in [5.74, 6) is -2.16. The fraction of sp³-hybridized carbons (Fsp3) is 0.286. The van der Waals surface area contributed by atoms with Crippen molar-refractivity contribution in [3.63, 3.8) is 0 Å². The molecule has 0 aliphatic rings. The van der Waals surface area contributed by atoms with Crippen LogP contribution in [0.3, 0.4) is 0 Å². The van der Waals surface area contributed by atoms with E-state index in [1.54, 1.807) is 0 Å². The summed E-state index contributed by atoms with van der Waals surface area (Å²) < 4.78 is 0. The summed E-state index contributed by atoms with van der Waals surface area (Å²) in [7, 11) is 0. The monoisotopic (exact) mass is 430 g/mol. The van der Waals surface area contributed by atoms with Gasteiger partial charge in [-0.05, 0) is 58.9 Å². The van der Waals surface area contributed by atoms with E-state index in [1.165, 1.54) is 62.3 Å². The number of carbonyl (C=O) groups is 2. The molecule has 3 aromatic carbocycles. The second-order valence-electron chi connectivity index (χ2n) is 8.16. The van der Waals surface area contributed by atoms with Crippen molar-refractivity contribution in [3.8, 4) is 22.3 Å². The van der Waals surface area contributed by atoms with Gasteiger partial charge in [0.2, 0.25) is 0 Å². The molecule has 0 spiro atoms. The van der Waals surface area contributed by atoms with E-state index >= 15 is 0 Å². The zero-order valence-electron chi connectivity index (χ0n) is 18.5. The molecule has 0 fully saturated rings. The Labute approximate surface area is 189 Å². The maximum absolute atomic E-state index is 11.6. The Hall–Kier alpha value is -3.40. The van der Waals surface area contributed by atoms with Gasteiger partial charge < -0.3 is 10.2 Å². The van der Waals surface area contributed by atoms with Crippen LogP contribution in [0, 0.1) is 0 Å². The fourth-order valence-corrected chi connectivity index (χ4v) is 3.92. The van der Waals surface area contributed by atoms with E-state index in [4.69, 9.17) is 0 Å². The minimum atomic E-state index is -1.08. The largest absolute Gasteiger partial charge is 0.478 e. The second kappa shape index (κ2) is 11.3. The Bertz CT molecular complexity index is 1050. The SMILES string of the molecule is CCCCCCCCc1ccc(-c2ccc(-c3cc(C(=O)O)ccc3C(=O)O)cc2)cc1. The average Bonchev–Trinajstić information content (AvgIpc) is 2.81. The van der Waals surface area contributed by atoms with E-state index in [-0.39, 0.29) is 11.1 Å². The van der Waals surface area contributed by atoms with E-state index in [0.717, 1.165) is 17.5 Å². The zero-order chi connectivity index (χ0) is 22.9. The number of rotatable bonds is 11. The lowest BCUT2D eigenvalue weighted by molar-refractivity contribution is 0.0682. The third-order valence-electron chi connectivity index (χ3n) is 5.80. The molecule has 0 saturated carbocycles. The lowest BCUT2D eigenvalue weighted by atomic mass is 9.95. The van der Waals surface area contributed by atoms with Crippen LogP contribution in [0.1, 0.15) is 71.7 Å². The van der Waals surface area contributed by atoms with E-state index in [9.17, 15) is 19.8 Å². The second-order valence-corrected chi connectivity index (χ2v) is 8.16. The van der Waals surface area contributed by atoms with Crippen molar-refractivity contribution in [3.05, 3.63) is 83.4 Å². The van der Waals surface area contributed by atoms with Crippen LogP contribution >= 0.6 is 0 Å². The molecule has 0 unspecified atom stereocenters. The summed E-state index contributed by atoms with van der Waals surface area (Å²) in [4.78, 5) is 22.9. The van der Waals surface area contributed by atoms with Gasteiger partial charge in [-0.2, -0.15) is 0 Å². The van der Waals surface area contributed by atoms with Crippen LogP contribution in [0.5, 0.6) is 0 Å². The highest BCUT2D eigenvalue weighted by Crippen LogP contribution is 2.29. The number of carboxylic acid groups (broad SMARTS) is 2. The lowest BCUT2D eigenvalue weighted by Crippen LogP contribution is -2.03. The topological polar surface area (TPSA) is 74.6 Å². The number of hydrogen-bond acceptors (Lipinski definition) is 2. The molecule has 3 rings (SSSR count). The molecule has 0 aliphatic heterocycles. The molecule has 0 bridgehead atoms. The summed E-state index contributed by atoms with van der Waals surface area (Å²) in [6.45, 7) is 2.24. The summed E-state index contributed by atoms with van der Waals surface area (Å²) in [5.41, 5.74) is 4.70. The number of unbranched alkanes of at least 4 members (excludes halogenated alkanes) is 5. The Morgan fingerprint density at radius 1 is 0.656 bits per heavy atom. The summed E-state index contributed by atoms with van der Waals surface area (Å²) >= 11 is 0.